The van der Waals surface area contributed by atoms with E-state index in [0.717, 1.165) is 31.7 Å². The molecule has 0 bridgehead atoms. The largest absolute Gasteiger partial charge is 0.497 e. The molecule has 1 fully saturated rings. The number of benzene rings is 1. The van der Waals surface area contributed by atoms with E-state index in [9.17, 15) is 0 Å². The van der Waals surface area contributed by atoms with Gasteiger partial charge in [-0.3, -0.25) is 0 Å². The van der Waals surface area contributed by atoms with Crippen molar-refractivity contribution in [2.24, 2.45) is 0 Å². The summed E-state index contributed by atoms with van der Waals surface area (Å²) in [5.41, 5.74) is 1.17. The highest BCUT2D eigenvalue weighted by Gasteiger charge is 2.14. The van der Waals surface area contributed by atoms with Crippen molar-refractivity contribution >= 4 is 17.3 Å². The van der Waals surface area contributed by atoms with E-state index in [0.29, 0.717) is 17.8 Å². The molecular weight excluding hydrogens is 260 g/mol. The number of rotatable bonds is 5. The van der Waals surface area contributed by atoms with Crippen LogP contribution in [0.1, 0.15) is 18.4 Å². The molecule has 0 spiro atoms. The van der Waals surface area contributed by atoms with E-state index in [2.05, 4.69) is 10.6 Å². The first-order chi connectivity index (χ1) is 9.28. The van der Waals surface area contributed by atoms with Crippen molar-refractivity contribution in [3.05, 3.63) is 29.8 Å². The topological polar surface area (TPSA) is 42.5 Å². The summed E-state index contributed by atoms with van der Waals surface area (Å²) in [6.45, 7) is 2.37. The highest BCUT2D eigenvalue weighted by molar-refractivity contribution is 7.80. The zero-order chi connectivity index (χ0) is 13.5. The maximum absolute atomic E-state index is 5.53. The quantitative estimate of drug-likeness (QED) is 0.806. The zero-order valence-corrected chi connectivity index (χ0v) is 12.0. The van der Waals surface area contributed by atoms with Gasteiger partial charge in [-0.2, -0.15) is 0 Å². The minimum Gasteiger partial charge on any atom is -0.497 e. The Morgan fingerprint density at radius 2 is 2.16 bits per heavy atom. The predicted octanol–water partition coefficient (Wildman–Crippen LogP) is 1.84. The van der Waals surface area contributed by atoms with E-state index < -0.39 is 0 Å². The molecule has 1 atom stereocenters. The number of methoxy groups -OCH3 is 1. The highest BCUT2D eigenvalue weighted by Crippen LogP contribution is 2.11. The van der Waals surface area contributed by atoms with E-state index in [4.69, 9.17) is 21.7 Å². The lowest BCUT2D eigenvalue weighted by molar-refractivity contribution is 0.114. The third-order valence-electron chi connectivity index (χ3n) is 3.13. The molecule has 1 aliphatic heterocycles. The molecule has 5 heteroatoms. The number of nitrogens with one attached hydrogen (secondary N) is 2. The fourth-order valence-corrected chi connectivity index (χ4v) is 2.16. The Balaban J connectivity index is 1.67. The van der Waals surface area contributed by atoms with E-state index in [1.165, 1.54) is 5.56 Å². The molecule has 1 heterocycles. The SMILES string of the molecule is COc1ccc(CNC(=S)NC[C@H]2CCCO2)cc1. The number of thiocarbonyl (C=S) groups is 1. The van der Waals surface area contributed by atoms with Gasteiger partial charge in [-0.05, 0) is 42.8 Å². The smallest absolute Gasteiger partial charge is 0.166 e. The molecule has 0 aromatic heterocycles. The summed E-state index contributed by atoms with van der Waals surface area (Å²) < 4.78 is 10.6. The minimum atomic E-state index is 0.306. The van der Waals surface area contributed by atoms with E-state index in [1.807, 2.05) is 24.3 Å². The van der Waals surface area contributed by atoms with Gasteiger partial charge in [0.2, 0.25) is 0 Å². The molecule has 2 rings (SSSR count). The summed E-state index contributed by atoms with van der Waals surface area (Å²) in [7, 11) is 1.66. The number of hydrogen-bond acceptors (Lipinski definition) is 3. The fourth-order valence-electron chi connectivity index (χ4n) is 2.00. The van der Waals surface area contributed by atoms with Crippen LogP contribution >= 0.6 is 12.2 Å². The second-order valence-corrected chi connectivity index (χ2v) is 4.95. The van der Waals surface area contributed by atoms with Crippen LogP contribution in [0.5, 0.6) is 5.75 Å². The van der Waals surface area contributed by atoms with Gasteiger partial charge in [0.1, 0.15) is 5.75 Å². The molecule has 1 aromatic rings. The number of ether oxygens (including phenoxy) is 2. The van der Waals surface area contributed by atoms with Crippen molar-refractivity contribution in [2.75, 3.05) is 20.3 Å². The van der Waals surface area contributed by atoms with Crippen LogP contribution in [-0.4, -0.2) is 31.5 Å². The van der Waals surface area contributed by atoms with Crippen molar-refractivity contribution in [2.45, 2.75) is 25.5 Å². The molecule has 4 nitrogen and oxygen atoms in total. The van der Waals surface area contributed by atoms with E-state index >= 15 is 0 Å². The van der Waals surface area contributed by atoms with Gasteiger partial charge < -0.3 is 20.1 Å². The summed E-state index contributed by atoms with van der Waals surface area (Å²) in [6.07, 6.45) is 2.58. The van der Waals surface area contributed by atoms with Crippen LogP contribution < -0.4 is 15.4 Å². The van der Waals surface area contributed by atoms with Crippen LogP contribution in [-0.2, 0) is 11.3 Å². The second-order valence-electron chi connectivity index (χ2n) is 4.55. The van der Waals surface area contributed by atoms with Crippen LogP contribution in [0.4, 0.5) is 0 Å². The molecule has 104 valence electrons. The molecule has 0 radical (unpaired) electrons. The summed E-state index contributed by atoms with van der Waals surface area (Å²) in [4.78, 5) is 0. The normalized spacial score (nSPS) is 18.1. The second kappa shape index (κ2) is 7.31. The molecule has 0 unspecified atom stereocenters. The lowest BCUT2D eigenvalue weighted by Gasteiger charge is -2.14. The maximum atomic E-state index is 5.53. The average Bonchev–Trinajstić information content (AvgIpc) is 2.96. The number of hydrogen-bond donors (Lipinski definition) is 2. The van der Waals surface area contributed by atoms with Gasteiger partial charge in [0.15, 0.2) is 5.11 Å². The first-order valence-corrected chi connectivity index (χ1v) is 6.95. The lowest BCUT2D eigenvalue weighted by Crippen LogP contribution is -2.39. The Kier molecular flexibility index (Phi) is 5.42. The molecule has 0 amide bonds. The van der Waals surface area contributed by atoms with Gasteiger partial charge in [0.25, 0.3) is 0 Å². The molecule has 1 aliphatic rings. The van der Waals surface area contributed by atoms with Crippen molar-refractivity contribution < 1.29 is 9.47 Å². The standard InChI is InChI=1S/C14H20N2O2S/c1-17-12-6-4-11(5-7-12)9-15-14(19)16-10-13-3-2-8-18-13/h4-7,13H,2-3,8-10H2,1H3,(H2,15,16,19)/t13-/m1/s1. The third kappa shape index (κ3) is 4.69. The summed E-state index contributed by atoms with van der Waals surface area (Å²) in [6, 6.07) is 7.93. The van der Waals surface area contributed by atoms with Gasteiger partial charge in [0, 0.05) is 19.7 Å². The Labute approximate surface area is 119 Å². The Hall–Kier alpha value is -1.33. The predicted molar refractivity (Wildman–Crippen MR) is 79.4 cm³/mol. The van der Waals surface area contributed by atoms with E-state index in [1.54, 1.807) is 7.11 Å². The van der Waals surface area contributed by atoms with Gasteiger partial charge in [-0.25, -0.2) is 0 Å². The van der Waals surface area contributed by atoms with Gasteiger partial charge in [-0.1, -0.05) is 12.1 Å². The Morgan fingerprint density at radius 1 is 1.37 bits per heavy atom. The van der Waals surface area contributed by atoms with Gasteiger partial charge >= 0.3 is 0 Å². The molecule has 1 aromatic carbocycles. The molecule has 0 saturated carbocycles. The molecular formula is C14H20N2O2S. The first kappa shape index (κ1) is 14.1. The first-order valence-electron chi connectivity index (χ1n) is 6.54. The van der Waals surface area contributed by atoms with Crippen LogP contribution in [0.2, 0.25) is 0 Å². The fraction of sp³-hybridized carbons (Fsp3) is 0.500. The summed E-state index contributed by atoms with van der Waals surface area (Å²) >= 11 is 5.23. The van der Waals surface area contributed by atoms with Crippen molar-refractivity contribution in [3.63, 3.8) is 0 Å². The summed E-state index contributed by atoms with van der Waals surface area (Å²) in [5, 5.41) is 7.04. The van der Waals surface area contributed by atoms with Gasteiger partial charge in [0.05, 0.1) is 13.2 Å². The average molecular weight is 280 g/mol. The summed E-state index contributed by atoms with van der Waals surface area (Å²) in [5.74, 6) is 0.864. The van der Waals surface area contributed by atoms with Crippen LogP contribution in [0.3, 0.4) is 0 Å². The van der Waals surface area contributed by atoms with Crippen LogP contribution in [0, 0.1) is 0 Å². The van der Waals surface area contributed by atoms with Gasteiger partial charge in [-0.15, -0.1) is 0 Å². The van der Waals surface area contributed by atoms with Crippen molar-refractivity contribution in [3.8, 4) is 5.75 Å². The van der Waals surface area contributed by atoms with E-state index in [-0.39, 0.29) is 0 Å². The van der Waals surface area contributed by atoms with Crippen molar-refractivity contribution in [1.82, 2.24) is 10.6 Å². The Bertz CT molecular complexity index is 402. The molecule has 19 heavy (non-hydrogen) atoms. The monoisotopic (exact) mass is 280 g/mol. The molecule has 0 aliphatic carbocycles. The van der Waals surface area contributed by atoms with Crippen molar-refractivity contribution in [1.29, 1.82) is 0 Å². The maximum Gasteiger partial charge on any atom is 0.166 e. The van der Waals surface area contributed by atoms with Crippen LogP contribution in [0.15, 0.2) is 24.3 Å². The third-order valence-corrected chi connectivity index (χ3v) is 3.42. The zero-order valence-electron chi connectivity index (χ0n) is 11.1. The lowest BCUT2D eigenvalue weighted by atomic mass is 10.2. The minimum absolute atomic E-state index is 0.306. The molecule has 2 N–H and O–H groups in total. The Morgan fingerprint density at radius 3 is 2.79 bits per heavy atom. The highest BCUT2D eigenvalue weighted by atomic mass is 32.1. The molecule has 1 saturated heterocycles. The van der Waals surface area contributed by atoms with Crippen LogP contribution in [0.25, 0.3) is 0 Å².